The molecule has 0 saturated heterocycles. The molecule has 15 rings (SSSR count). The molecule has 0 aliphatic heterocycles. The van der Waals surface area contributed by atoms with E-state index in [1.165, 1.54) is 111 Å². The van der Waals surface area contributed by atoms with Crippen LogP contribution in [0.5, 0.6) is 0 Å². The van der Waals surface area contributed by atoms with Gasteiger partial charge in [-0.3, -0.25) is 9.80 Å². The summed E-state index contributed by atoms with van der Waals surface area (Å²) < 4.78 is 0. The Morgan fingerprint density at radius 1 is 0.294 bits per heavy atom. The summed E-state index contributed by atoms with van der Waals surface area (Å²) in [5.41, 5.74) is 26.9. The third kappa shape index (κ3) is 8.56. The molecular formula is C81H66N4. The normalized spacial score (nSPS) is 14.5. The Kier molecular flexibility index (Phi) is 12.0. The highest BCUT2D eigenvalue weighted by molar-refractivity contribution is 5.99. The lowest BCUT2D eigenvalue weighted by molar-refractivity contribution is 0.660. The molecule has 4 heteroatoms. The van der Waals surface area contributed by atoms with E-state index in [1.807, 2.05) is 12.4 Å². The second-order valence-corrected chi connectivity index (χ2v) is 25.3. The van der Waals surface area contributed by atoms with Gasteiger partial charge in [-0.1, -0.05) is 235 Å². The first-order valence-electron chi connectivity index (χ1n) is 29.8. The average Bonchev–Trinajstić information content (AvgIpc) is 2.65. The van der Waals surface area contributed by atoms with Gasteiger partial charge in [0.2, 0.25) is 0 Å². The van der Waals surface area contributed by atoms with Gasteiger partial charge in [0.1, 0.15) is 11.6 Å². The minimum atomic E-state index is -0.215. The Morgan fingerprint density at radius 2 is 0.576 bits per heavy atom. The Hall–Kier alpha value is -9.90. The van der Waals surface area contributed by atoms with Gasteiger partial charge in [-0.25, -0.2) is 9.97 Å². The molecule has 0 atom stereocenters. The number of hydrogen-bond acceptors (Lipinski definition) is 4. The highest BCUT2D eigenvalue weighted by Gasteiger charge is 2.39. The van der Waals surface area contributed by atoms with Crippen molar-refractivity contribution in [3.63, 3.8) is 0 Å². The Balaban J connectivity index is 0.672. The molecule has 3 aliphatic rings. The van der Waals surface area contributed by atoms with E-state index < -0.39 is 0 Å². The molecule has 0 amide bonds. The van der Waals surface area contributed by atoms with Crippen molar-refractivity contribution in [1.82, 2.24) is 9.97 Å². The Labute approximate surface area is 499 Å². The summed E-state index contributed by atoms with van der Waals surface area (Å²) in [4.78, 5) is 14.7. The van der Waals surface area contributed by atoms with Crippen molar-refractivity contribution in [2.75, 3.05) is 9.80 Å². The lowest BCUT2D eigenvalue weighted by Crippen LogP contribution is -2.17. The summed E-state index contributed by atoms with van der Waals surface area (Å²) in [6.07, 6.45) is 13.0. The highest BCUT2D eigenvalue weighted by atomic mass is 15.2. The summed E-state index contributed by atoms with van der Waals surface area (Å²) in [5.74, 6) is 1.85. The van der Waals surface area contributed by atoms with Crippen LogP contribution in [0.2, 0.25) is 0 Å². The van der Waals surface area contributed by atoms with Gasteiger partial charge in [-0.05, 0) is 174 Å². The Bertz CT molecular complexity index is 4450. The third-order valence-corrected chi connectivity index (χ3v) is 18.9. The third-order valence-electron chi connectivity index (χ3n) is 18.9. The van der Waals surface area contributed by atoms with E-state index in [-0.39, 0.29) is 16.2 Å². The zero-order valence-corrected chi connectivity index (χ0v) is 49.5. The van der Waals surface area contributed by atoms with E-state index >= 15 is 0 Å². The van der Waals surface area contributed by atoms with Gasteiger partial charge in [0.15, 0.2) is 0 Å². The fourth-order valence-corrected chi connectivity index (χ4v) is 14.1. The van der Waals surface area contributed by atoms with Crippen LogP contribution in [-0.4, -0.2) is 9.97 Å². The molecule has 0 spiro atoms. The van der Waals surface area contributed by atoms with Gasteiger partial charge in [-0.2, -0.15) is 0 Å². The zero-order valence-electron chi connectivity index (χ0n) is 49.5. The number of aromatic nitrogens is 2. The number of pyridine rings is 2. The second kappa shape index (κ2) is 19.6. The van der Waals surface area contributed by atoms with E-state index in [9.17, 15) is 0 Å². The van der Waals surface area contributed by atoms with Crippen LogP contribution in [-0.2, 0) is 16.2 Å². The molecule has 0 radical (unpaired) electrons. The highest BCUT2D eigenvalue weighted by Crippen LogP contribution is 2.54. The predicted octanol–water partition coefficient (Wildman–Crippen LogP) is 21.6. The van der Waals surface area contributed by atoms with Gasteiger partial charge in [-0.15, -0.1) is 0 Å². The lowest BCUT2D eigenvalue weighted by atomic mass is 9.81. The van der Waals surface area contributed by atoms with Crippen LogP contribution in [0.25, 0.3) is 79.2 Å². The molecule has 10 aromatic carbocycles. The first kappa shape index (κ1) is 51.9. The predicted molar refractivity (Wildman–Crippen MR) is 359 cm³/mol. The molecule has 0 fully saturated rings. The van der Waals surface area contributed by atoms with Gasteiger partial charge in [0.05, 0.1) is 0 Å². The van der Waals surface area contributed by atoms with Crippen molar-refractivity contribution in [2.45, 2.75) is 71.6 Å². The summed E-state index contributed by atoms with van der Waals surface area (Å²) in [5, 5.41) is 4.58. The van der Waals surface area contributed by atoms with Crippen LogP contribution in [0.15, 0.2) is 231 Å². The summed E-state index contributed by atoms with van der Waals surface area (Å²) in [6, 6.07) is 80.9. The van der Waals surface area contributed by atoms with Crippen molar-refractivity contribution < 1.29 is 0 Å². The Morgan fingerprint density at radius 3 is 0.906 bits per heavy atom. The summed E-state index contributed by atoms with van der Waals surface area (Å²) in [6.45, 7) is 18.5. The van der Waals surface area contributed by atoms with E-state index in [4.69, 9.17) is 9.97 Å². The van der Waals surface area contributed by atoms with E-state index in [0.717, 1.165) is 45.2 Å². The SMILES string of the molecule is Cc1ccc(N(c2ccc3c(c2)C(C)(C)c2cc(/C=C/c4ccc5c(c4)C(C)(C)c4cc(/C=C/c6ccc7c(c6)C(C)(C)c6cc(N(c8ccc(C)cc8)c8nccc9ccccc89)ccc6-7)ccc4-5)ccc2-3)c2nccc3ccccc23)cc1. The number of benzene rings is 10. The van der Waals surface area contributed by atoms with Crippen LogP contribution < -0.4 is 9.80 Å². The topological polar surface area (TPSA) is 32.3 Å². The van der Waals surface area contributed by atoms with Gasteiger partial charge >= 0.3 is 0 Å². The zero-order chi connectivity index (χ0) is 57.9. The quantitative estimate of drug-likeness (QED) is 0.128. The fraction of sp³-hybridized carbons (Fsp3) is 0.136. The maximum Gasteiger partial charge on any atom is 0.145 e. The van der Waals surface area contributed by atoms with Crippen LogP contribution in [0.3, 0.4) is 0 Å². The smallest absolute Gasteiger partial charge is 0.145 e. The number of rotatable bonds is 10. The summed E-state index contributed by atoms with van der Waals surface area (Å²) >= 11 is 0. The maximum absolute atomic E-state index is 5.02. The minimum absolute atomic E-state index is 0.166. The van der Waals surface area contributed by atoms with Gasteiger partial charge in [0.25, 0.3) is 0 Å². The van der Waals surface area contributed by atoms with Gasteiger partial charge in [0, 0.05) is 62.2 Å². The molecule has 3 aliphatic carbocycles. The van der Waals surface area contributed by atoms with Crippen molar-refractivity contribution in [3.8, 4) is 33.4 Å². The summed E-state index contributed by atoms with van der Waals surface area (Å²) in [7, 11) is 0. The van der Waals surface area contributed by atoms with Crippen molar-refractivity contribution in [2.24, 2.45) is 0 Å². The van der Waals surface area contributed by atoms with Crippen LogP contribution >= 0.6 is 0 Å². The molecule has 85 heavy (non-hydrogen) atoms. The number of nitrogens with zero attached hydrogens (tertiary/aromatic N) is 4. The fourth-order valence-electron chi connectivity index (χ4n) is 14.1. The number of hydrogen-bond donors (Lipinski definition) is 0. The van der Waals surface area contributed by atoms with Crippen LogP contribution in [0, 0.1) is 13.8 Å². The second-order valence-electron chi connectivity index (χ2n) is 25.3. The largest absolute Gasteiger partial charge is 0.295 e. The molecule has 12 aromatic rings. The van der Waals surface area contributed by atoms with Crippen molar-refractivity contribution in [1.29, 1.82) is 0 Å². The van der Waals surface area contributed by atoms with E-state index in [0.29, 0.717) is 0 Å². The lowest BCUT2D eigenvalue weighted by Gasteiger charge is -2.28. The molecule has 0 saturated carbocycles. The van der Waals surface area contributed by atoms with Gasteiger partial charge < -0.3 is 0 Å². The number of aryl methyl sites for hydroxylation is 2. The molecule has 0 bridgehead atoms. The number of fused-ring (bicyclic) bond motifs is 11. The maximum atomic E-state index is 5.02. The molecule has 0 unspecified atom stereocenters. The molecule has 0 N–H and O–H groups in total. The minimum Gasteiger partial charge on any atom is -0.295 e. The monoisotopic (exact) mass is 1090 g/mol. The molecule has 410 valence electrons. The standard InChI is InChI=1S/C81H66N4/c1-51-17-29-59(30-18-51)84(77-63-15-11-9-13-57(63)41-43-82-77)61-33-39-69-67-37-27-55(47-73(67)80(5,6)75(69)49-61)23-21-53-25-35-65-66-36-26-54(46-72(66)79(3,4)71(65)45-53)22-24-56-28-38-68-70-40-34-62(50-76(70)81(7,8)74(68)48-56)85(60-31-19-52(2)20-32-60)78-64-16-12-10-14-58(64)42-44-83-78/h9-50H,1-8H3/b23-21+,24-22+. The molecule has 2 aromatic heterocycles. The first-order valence-corrected chi connectivity index (χ1v) is 29.8. The molecular weight excluding hydrogens is 1030 g/mol. The van der Waals surface area contributed by atoms with E-state index in [2.05, 4.69) is 308 Å². The van der Waals surface area contributed by atoms with E-state index in [1.54, 1.807) is 0 Å². The average molecular weight is 1100 g/mol. The van der Waals surface area contributed by atoms with Crippen molar-refractivity contribution in [3.05, 3.63) is 298 Å². The molecule has 2 heterocycles. The van der Waals surface area contributed by atoms with Crippen LogP contribution in [0.4, 0.5) is 34.4 Å². The first-order chi connectivity index (χ1) is 41.2. The molecule has 4 nitrogen and oxygen atoms in total. The number of anilines is 6. The van der Waals surface area contributed by atoms with Crippen LogP contribution in [0.1, 0.15) is 108 Å². The van der Waals surface area contributed by atoms with Crippen molar-refractivity contribution >= 4 is 80.2 Å².